The highest BCUT2D eigenvalue weighted by molar-refractivity contribution is 4.89. The molecule has 2 nitrogen and oxygen atoms in total. The summed E-state index contributed by atoms with van der Waals surface area (Å²) in [6.45, 7) is 5.82. The second-order valence-electron chi connectivity index (χ2n) is 2.06. The molecule has 0 saturated carbocycles. The molecule has 64 valence electrons. The minimum Gasteiger partial charge on any atom is -0.354 e. The third kappa shape index (κ3) is 4.62. The Hall–Kier alpha value is -0.760. The molecule has 11 heavy (non-hydrogen) atoms. The van der Waals surface area contributed by atoms with Crippen LogP contribution >= 0.6 is 0 Å². The van der Waals surface area contributed by atoms with Crippen LogP contribution in [0.4, 0.5) is 0 Å². The molecular weight excluding hydrogens is 136 g/mol. The normalized spacial score (nSPS) is 8.64. The zero-order chi connectivity index (χ0) is 8.53. The topological polar surface area (TPSA) is 30.9 Å². The molecule has 0 unspecified atom stereocenters. The summed E-state index contributed by atoms with van der Waals surface area (Å²) in [6.07, 6.45) is 5.17. The Morgan fingerprint density at radius 2 is 1.73 bits per heavy atom. The highest BCUT2D eigenvalue weighted by Crippen LogP contribution is 1.90. The minimum atomic E-state index is 0.776. The lowest BCUT2D eigenvalue weighted by molar-refractivity contribution is 0.654. The average Bonchev–Trinajstić information content (AvgIpc) is 2.57. The van der Waals surface area contributed by atoms with Crippen LogP contribution in [0.2, 0.25) is 0 Å². The molecule has 0 bridgehead atoms. The molecule has 0 spiro atoms. The Morgan fingerprint density at radius 3 is 2.18 bits per heavy atom. The first-order valence-corrected chi connectivity index (χ1v) is 4.24. The van der Waals surface area contributed by atoms with Gasteiger partial charge in [-0.15, -0.1) is 0 Å². The number of nitrogens with zero attached hydrogens (tertiary/aromatic N) is 1. The van der Waals surface area contributed by atoms with Crippen LogP contribution in [0.25, 0.3) is 0 Å². The standard InChI is InChI=1S/C7H12N2.C2H6/c8-4-3-7-9-5-1-2-6-9;1-2/h1-2,5-6H,3-4,7-8H2;1-2H3. The lowest BCUT2D eigenvalue weighted by atomic mass is 10.4. The maximum absolute atomic E-state index is 5.33. The summed E-state index contributed by atoms with van der Waals surface area (Å²) in [7, 11) is 0. The van der Waals surface area contributed by atoms with Gasteiger partial charge >= 0.3 is 0 Å². The van der Waals surface area contributed by atoms with Gasteiger partial charge in [-0.25, -0.2) is 0 Å². The second kappa shape index (κ2) is 7.35. The van der Waals surface area contributed by atoms with Crippen LogP contribution in [0.5, 0.6) is 0 Å². The van der Waals surface area contributed by atoms with Crippen LogP contribution in [0, 0.1) is 0 Å². The number of nitrogens with two attached hydrogens (primary N) is 1. The zero-order valence-electron chi connectivity index (χ0n) is 7.46. The Labute approximate surface area is 69.0 Å². The maximum Gasteiger partial charge on any atom is 0.0231 e. The van der Waals surface area contributed by atoms with Crippen LogP contribution in [0.3, 0.4) is 0 Å². The fourth-order valence-electron chi connectivity index (χ4n) is 0.793. The van der Waals surface area contributed by atoms with E-state index in [1.54, 1.807) is 0 Å². The van der Waals surface area contributed by atoms with Crippen molar-refractivity contribution in [2.24, 2.45) is 5.73 Å². The van der Waals surface area contributed by atoms with Gasteiger partial charge in [0.05, 0.1) is 0 Å². The quantitative estimate of drug-likeness (QED) is 0.708. The van der Waals surface area contributed by atoms with Gasteiger partial charge in [0.1, 0.15) is 0 Å². The van der Waals surface area contributed by atoms with Crippen molar-refractivity contribution in [2.75, 3.05) is 6.54 Å². The van der Waals surface area contributed by atoms with E-state index in [2.05, 4.69) is 17.0 Å². The van der Waals surface area contributed by atoms with Gasteiger partial charge in [-0.1, -0.05) is 13.8 Å². The third-order valence-corrected chi connectivity index (χ3v) is 1.29. The first kappa shape index (κ1) is 10.2. The Morgan fingerprint density at radius 1 is 1.18 bits per heavy atom. The van der Waals surface area contributed by atoms with Gasteiger partial charge in [0.15, 0.2) is 0 Å². The molecule has 1 aromatic heterocycles. The molecule has 0 aliphatic carbocycles. The van der Waals surface area contributed by atoms with Crippen molar-refractivity contribution in [2.45, 2.75) is 26.8 Å². The van der Waals surface area contributed by atoms with E-state index in [4.69, 9.17) is 5.73 Å². The van der Waals surface area contributed by atoms with Gasteiger partial charge < -0.3 is 10.3 Å². The molecular formula is C9H18N2. The van der Waals surface area contributed by atoms with Crippen molar-refractivity contribution < 1.29 is 0 Å². The van der Waals surface area contributed by atoms with Gasteiger partial charge in [-0.05, 0) is 25.1 Å². The minimum absolute atomic E-state index is 0.776. The molecule has 1 rings (SSSR count). The maximum atomic E-state index is 5.33. The fraction of sp³-hybridized carbons (Fsp3) is 0.556. The summed E-state index contributed by atoms with van der Waals surface area (Å²) in [6, 6.07) is 4.05. The SMILES string of the molecule is CC.NCCCn1cccc1. The van der Waals surface area contributed by atoms with Crippen LogP contribution < -0.4 is 5.73 Å². The smallest absolute Gasteiger partial charge is 0.0231 e. The van der Waals surface area contributed by atoms with E-state index >= 15 is 0 Å². The van der Waals surface area contributed by atoms with Gasteiger partial charge in [0.2, 0.25) is 0 Å². The van der Waals surface area contributed by atoms with Gasteiger partial charge in [0.25, 0.3) is 0 Å². The van der Waals surface area contributed by atoms with E-state index in [0.29, 0.717) is 0 Å². The van der Waals surface area contributed by atoms with Crippen LogP contribution in [-0.4, -0.2) is 11.1 Å². The first-order chi connectivity index (χ1) is 5.43. The van der Waals surface area contributed by atoms with Crippen LogP contribution in [0.15, 0.2) is 24.5 Å². The largest absolute Gasteiger partial charge is 0.354 e. The Kier molecular flexibility index (Phi) is 6.84. The average molecular weight is 154 g/mol. The van der Waals surface area contributed by atoms with E-state index in [9.17, 15) is 0 Å². The highest BCUT2D eigenvalue weighted by atomic mass is 14.9. The molecule has 1 heterocycles. The van der Waals surface area contributed by atoms with E-state index < -0.39 is 0 Å². The molecule has 1 aromatic rings. The fourth-order valence-corrected chi connectivity index (χ4v) is 0.793. The molecule has 0 atom stereocenters. The summed E-state index contributed by atoms with van der Waals surface area (Å²) < 4.78 is 2.13. The van der Waals surface area contributed by atoms with Crippen molar-refractivity contribution in [3.63, 3.8) is 0 Å². The van der Waals surface area contributed by atoms with Crippen molar-refractivity contribution in [3.05, 3.63) is 24.5 Å². The third-order valence-electron chi connectivity index (χ3n) is 1.29. The molecule has 0 radical (unpaired) electrons. The molecule has 0 aliphatic heterocycles. The Balaban J connectivity index is 0.000000461. The molecule has 0 aromatic carbocycles. The predicted octanol–water partition coefficient (Wildman–Crippen LogP) is 1.86. The van der Waals surface area contributed by atoms with Gasteiger partial charge in [0, 0.05) is 18.9 Å². The zero-order valence-corrected chi connectivity index (χ0v) is 7.46. The van der Waals surface area contributed by atoms with Crippen molar-refractivity contribution in [1.29, 1.82) is 0 Å². The molecule has 0 aliphatic rings. The van der Waals surface area contributed by atoms with E-state index in [0.717, 1.165) is 19.5 Å². The predicted molar refractivity (Wildman–Crippen MR) is 49.5 cm³/mol. The number of aromatic nitrogens is 1. The van der Waals surface area contributed by atoms with Crippen LogP contribution in [-0.2, 0) is 6.54 Å². The summed E-state index contributed by atoms with van der Waals surface area (Å²) in [5, 5.41) is 0. The summed E-state index contributed by atoms with van der Waals surface area (Å²) in [5.41, 5.74) is 5.33. The molecule has 0 saturated heterocycles. The van der Waals surface area contributed by atoms with E-state index in [1.807, 2.05) is 26.0 Å². The monoisotopic (exact) mass is 154 g/mol. The van der Waals surface area contributed by atoms with Gasteiger partial charge in [-0.3, -0.25) is 0 Å². The van der Waals surface area contributed by atoms with Crippen molar-refractivity contribution in [3.8, 4) is 0 Å². The first-order valence-electron chi connectivity index (χ1n) is 4.24. The Bertz CT molecular complexity index is 145. The van der Waals surface area contributed by atoms with Gasteiger partial charge in [-0.2, -0.15) is 0 Å². The van der Waals surface area contributed by atoms with E-state index in [1.165, 1.54) is 0 Å². The number of hydrogen-bond acceptors (Lipinski definition) is 1. The lowest BCUT2D eigenvalue weighted by Gasteiger charge is -1.97. The molecule has 0 amide bonds. The highest BCUT2D eigenvalue weighted by Gasteiger charge is 1.84. The second-order valence-corrected chi connectivity index (χ2v) is 2.06. The summed E-state index contributed by atoms with van der Waals surface area (Å²) in [5.74, 6) is 0. The van der Waals surface area contributed by atoms with Crippen molar-refractivity contribution in [1.82, 2.24) is 4.57 Å². The summed E-state index contributed by atoms with van der Waals surface area (Å²) >= 11 is 0. The molecule has 2 N–H and O–H groups in total. The number of aryl methyl sites for hydroxylation is 1. The van der Waals surface area contributed by atoms with E-state index in [-0.39, 0.29) is 0 Å². The molecule has 0 fully saturated rings. The lowest BCUT2D eigenvalue weighted by Crippen LogP contribution is -2.03. The summed E-state index contributed by atoms with van der Waals surface area (Å²) in [4.78, 5) is 0. The van der Waals surface area contributed by atoms with Crippen LogP contribution in [0.1, 0.15) is 20.3 Å². The van der Waals surface area contributed by atoms with Crippen molar-refractivity contribution >= 4 is 0 Å². The number of hydrogen-bond donors (Lipinski definition) is 1. The number of rotatable bonds is 3. The molecule has 2 heteroatoms.